The van der Waals surface area contributed by atoms with Gasteiger partial charge in [0.15, 0.2) is 0 Å². The molecule has 0 bridgehead atoms. The van der Waals surface area contributed by atoms with E-state index in [1.165, 1.54) is 12.1 Å². The molecule has 0 aliphatic carbocycles. The van der Waals surface area contributed by atoms with Crippen molar-refractivity contribution in [2.75, 3.05) is 13.1 Å². The van der Waals surface area contributed by atoms with Crippen molar-refractivity contribution in [3.8, 4) is 5.75 Å². The van der Waals surface area contributed by atoms with Crippen LogP contribution in [0.1, 0.15) is 13.3 Å². The third-order valence-electron chi connectivity index (χ3n) is 2.11. The average Bonchev–Trinajstić information content (AvgIpc) is 2.30. The number of hydrogen-bond donors (Lipinski definition) is 2. The zero-order chi connectivity index (χ0) is 12.7. The quantitative estimate of drug-likeness (QED) is 0.781. The molecule has 1 atom stereocenters. The molecule has 1 aromatic rings. The topological polar surface area (TPSA) is 64.4 Å². The minimum Gasteiger partial charge on any atom is -0.489 e. The highest BCUT2D eigenvalue weighted by Gasteiger charge is 2.06. The third-order valence-corrected chi connectivity index (χ3v) is 2.11. The SMILES string of the molecule is CC(CNC(=O)CCN)Oc1ccc(F)cc1. The van der Waals surface area contributed by atoms with Gasteiger partial charge in [-0.3, -0.25) is 4.79 Å². The van der Waals surface area contributed by atoms with Gasteiger partial charge < -0.3 is 15.8 Å². The fourth-order valence-electron chi connectivity index (χ4n) is 1.26. The van der Waals surface area contributed by atoms with Crippen molar-refractivity contribution < 1.29 is 13.9 Å². The Hall–Kier alpha value is -1.62. The number of halogens is 1. The molecule has 0 radical (unpaired) electrons. The van der Waals surface area contributed by atoms with E-state index in [0.717, 1.165) is 0 Å². The molecule has 1 aromatic carbocycles. The van der Waals surface area contributed by atoms with Crippen LogP contribution in [0.4, 0.5) is 4.39 Å². The molecule has 0 heterocycles. The largest absolute Gasteiger partial charge is 0.489 e. The van der Waals surface area contributed by atoms with E-state index in [-0.39, 0.29) is 17.8 Å². The van der Waals surface area contributed by atoms with Gasteiger partial charge >= 0.3 is 0 Å². The number of hydrogen-bond acceptors (Lipinski definition) is 3. The summed E-state index contributed by atoms with van der Waals surface area (Å²) in [5.74, 6) is 0.176. The average molecular weight is 240 g/mol. The Balaban J connectivity index is 2.31. The maximum atomic E-state index is 12.6. The maximum Gasteiger partial charge on any atom is 0.221 e. The second kappa shape index (κ2) is 6.85. The summed E-state index contributed by atoms with van der Waals surface area (Å²) in [5, 5.41) is 2.70. The van der Waals surface area contributed by atoms with Gasteiger partial charge in [-0.05, 0) is 31.2 Å². The van der Waals surface area contributed by atoms with Crippen LogP contribution in [0.5, 0.6) is 5.75 Å². The molecule has 1 amide bonds. The Morgan fingerprint density at radius 2 is 2.12 bits per heavy atom. The van der Waals surface area contributed by atoms with Gasteiger partial charge in [-0.15, -0.1) is 0 Å². The summed E-state index contributed by atoms with van der Waals surface area (Å²) in [7, 11) is 0. The van der Waals surface area contributed by atoms with Crippen LogP contribution in [-0.4, -0.2) is 25.1 Å². The molecule has 0 fully saturated rings. The zero-order valence-corrected chi connectivity index (χ0v) is 9.78. The first-order chi connectivity index (χ1) is 8.11. The minimum absolute atomic E-state index is 0.0953. The number of nitrogens with two attached hydrogens (primary N) is 1. The number of carbonyl (C=O) groups is 1. The smallest absolute Gasteiger partial charge is 0.221 e. The first-order valence-electron chi connectivity index (χ1n) is 5.51. The summed E-state index contributed by atoms with van der Waals surface area (Å²) in [5.41, 5.74) is 5.25. The van der Waals surface area contributed by atoms with Crippen LogP contribution in [0.3, 0.4) is 0 Å². The Kier molecular flexibility index (Phi) is 5.42. The van der Waals surface area contributed by atoms with Crippen LogP contribution >= 0.6 is 0 Å². The van der Waals surface area contributed by atoms with Gasteiger partial charge in [-0.25, -0.2) is 4.39 Å². The van der Waals surface area contributed by atoms with E-state index >= 15 is 0 Å². The first-order valence-corrected chi connectivity index (χ1v) is 5.51. The van der Waals surface area contributed by atoms with E-state index in [9.17, 15) is 9.18 Å². The lowest BCUT2D eigenvalue weighted by atomic mass is 10.3. The van der Waals surface area contributed by atoms with E-state index in [1.54, 1.807) is 12.1 Å². The van der Waals surface area contributed by atoms with Gasteiger partial charge in [0.1, 0.15) is 17.7 Å². The van der Waals surface area contributed by atoms with E-state index < -0.39 is 0 Å². The highest BCUT2D eigenvalue weighted by Crippen LogP contribution is 2.12. The van der Waals surface area contributed by atoms with Gasteiger partial charge in [-0.2, -0.15) is 0 Å². The predicted molar refractivity (Wildman–Crippen MR) is 63.2 cm³/mol. The fraction of sp³-hybridized carbons (Fsp3) is 0.417. The molecule has 0 spiro atoms. The summed E-state index contributed by atoms with van der Waals surface area (Å²) >= 11 is 0. The molecule has 1 rings (SSSR count). The third kappa shape index (κ3) is 5.31. The van der Waals surface area contributed by atoms with Crippen LogP contribution in [0, 0.1) is 5.82 Å². The van der Waals surface area contributed by atoms with E-state index in [1.807, 2.05) is 6.92 Å². The van der Waals surface area contributed by atoms with Crippen LogP contribution in [0.2, 0.25) is 0 Å². The summed E-state index contributed by atoms with van der Waals surface area (Å²) in [6.45, 7) is 2.56. The molecule has 0 aromatic heterocycles. The van der Waals surface area contributed by atoms with Crippen molar-refractivity contribution in [3.05, 3.63) is 30.1 Å². The lowest BCUT2D eigenvalue weighted by Crippen LogP contribution is -2.34. The zero-order valence-electron chi connectivity index (χ0n) is 9.78. The van der Waals surface area contributed by atoms with Crippen molar-refractivity contribution in [2.45, 2.75) is 19.4 Å². The van der Waals surface area contributed by atoms with Crippen molar-refractivity contribution in [3.63, 3.8) is 0 Å². The number of amides is 1. The van der Waals surface area contributed by atoms with Crippen LogP contribution in [-0.2, 0) is 4.79 Å². The van der Waals surface area contributed by atoms with E-state index in [4.69, 9.17) is 10.5 Å². The first kappa shape index (κ1) is 13.4. The minimum atomic E-state index is -0.304. The van der Waals surface area contributed by atoms with Crippen molar-refractivity contribution in [1.82, 2.24) is 5.32 Å². The Labute approximate surface area is 100.0 Å². The Morgan fingerprint density at radius 1 is 1.47 bits per heavy atom. The lowest BCUT2D eigenvalue weighted by Gasteiger charge is -2.15. The van der Waals surface area contributed by atoms with Crippen molar-refractivity contribution in [1.29, 1.82) is 0 Å². The summed E-state index contributed by atoms with van der Waals surface area (Å²) in [4.78, 5) is 11.1. The molecular formula is C12H17FN2O2. The van der Waals surface area contributed by atoms with Gasteiger partial charge in [0.05, 0.1) is 6.54 Å². The second-order valence-electron chi connectivity index (χ2n) is 3.73. The lowest BCUT2D eigenvalue weighted by molar-refractivity contribution is -0.121. The molecule has 0 aliphatic rings. The number of nitrogens with one attached hydrogen (secondary N) is 1. The Morgan fingerprint density at radius 3 is 2.71 bits per heavy atom. The molecule has 3 N–H and O–H groups in total. The Bertz CT molecular complexity index is 354. The maximum absolute atomic E-state index is 12.6. The molecule has 4 nitrogen and oxygen atoms in total. The molecule has 17 heavy (non-hydrogen) atoms. The normalized spacial score (nSPS) is 11.9. The molecular weight excluding hydrogens is 223 g/mol. The molecule has 5 heteroatoms. The van der Waals surface area contributed by atoms with Crippen molar-refractivity contribution >= 4 is 5.91 Å². The molecule has 0 aliphatic heterocycles. The van der Waals surface area contributed by atoms with Crippen molar-refractivity contribution in [2.24, 2.45) is 5.73 Å². The number of carbonyl (C=O) groups excluding carboxylic acids is 1. The van der Waals surface area contributed by atoms with Crippen LogP contribution in [0.25, 0.3) is 0 Å². The summed E-state index contributed by atoms with van der Waals surface area (Å²) < 4.78 is 18.1. The highest BCUT2D eigenvalue weighted by atomic mass is 19.1. The van der Waals surface area contributed by atoms with Crippen LogP contribution in [0.15, 0.2) is 24.3 Å². The molecule has 0 saturated carbocycles. The van der Waals surface area contributed by atoms with Crippen LogP contribution < -0.4 is 15.8 Å². The standard InChI is InChI=1S/C12H17FN2O2/c1-9(8-15-12(16)6-7-14)17-11-4-2-10(13)3-5-11/h2-5,9H,6-8,14H2,1H3,(H,15,16). The molecule has 94 valence electrons. The number of ether oxygens (including phenoxy) is 1. The second-order valence-corrected chi connectivity index (χ2v) is 3.73. The van der Waals surface area contributed by atoms with Gasteiger partial charge in [0.2, 0.25) is 5.91 Å². The van der Waals surface area contributed by atoms with Gasteiger partial charge in [0, 0.05) is 13.0 Å². The fourth-order valence-corrected chi connectivity index (χ4v) is 1.26. The number of benzene rings is 1. The highest BCUT2D eigenvalue weighted by molar-refractivity contribution is 5.76. The summed E-state index contributed by atoms with van der Waals surface area (Å²) in [6, 6.07) is 5.76. The van der Waals surface area contributed by atoms with Gasteiger partial charge in [-0.1, -0.05) is 0 Å². The molecule has 1 unspecified atom stereocenters. The summed E-state index contributed by atoms with van der Waals surface area (Å²) in [6.07, 6.45) is 0.130. The number of rotatable bonds is 6. The van der Waals surface area contributed by atoms with E-state index in [2.05, 4.69) is 5.32 Å². The predicted octanol–water partition coefficient (Wildman–Crippen LogP) is 1.06. The molecule has 0 saturated heterocycles. The van der Waals surface area contributed by atoms with E-state index in [0.29, 0.717) is 25.3 Å². The van der Waals surface area contributed by atoms with Gasteiger partial charge in [0.25, 0.3) is 0 Å². The monoisotopic (exact) mass is 240 g/mol.